The minimum Gasteiger partial charge on any atom is -0.359 e. The molecule has 0 amide bonds. The molecule has 5 heteroatoms. The summed E-state index contributed by atoms with van der Waals surface area (Å²) in [6, 6.07) is 1.90. The number of rotatable bonds is 2. The molecule has 0 aliphatic rings. The van der Waals surface area contributed by atoms with Crippen molar-refractivity contribution >= 4 is 12.2 Å². The molecule has 2 heterocycles. The van der Waals surface area contributed by atoms with E-state index < -0.39 is 0 Å². The van der Waals surface area contributed by atoms with E-state index in [2.05, 4.69) is 10.1 Å². The third-order valence-electron chi connectivity index (χ3n) is 1.73. The minimum absolute atomic E-state index is 0.628. The lowest BCUT2D eigenvalue weighted by Gasteiger charge is -1.95. The van der Waals surface area contributed by atoms with Crippen LogP contribution in [0.3, 0.4) is 0 Å². The predicted octanol–water partition coefficient (Wildman–Crippen LogP) is 1.89. The van der Waals surface area contributed by atoms with Gasteiger partial charge in [-0.15, -0.1) is 0 Å². The Hall–Kier alpha value is -1.36. The molecule has 2 aromatic rings. The average Bonchev–Trinajstić information content (AvgIpc) is 2.64. The van der Waals surface area contributed by atoms with Crippen molar-refractivity contribution in [3.63, 3.8) is 0 Å². The summed E-state index contributed by atoms with van der Waals surface area (Å²) in [6.45, 7) is 2.52. The van der Waals surface area contributed by atoms with Gasteiger partial charge in [0.25, 0.3) is 0 Å². The molecule has 68 valence electrons. The number of aryl methyl sites for hydroxylation is 1. The molecule has 0 unspecified atom stereocenters. The maximum absolute atomic E-state index is 5.06. The summed E-state index contributed by atoms with van der Waals surface area (Å²) in [5.41, 5.74) is 0.886. The maximum atomic E-state index is 5.06. The van der Waals surface area contributed by atoms with Crippen molar-refractivity contribution in [2.45, 2.75) is 13.5 Å². The van der Waals surface area contributed by atoms with Crippen molar-refractivity contribution < 1.29 is 4.52 Å². The zero-order valence-corrected chi connectivity index (χ0v) is 7.97. The number of H-pyrrole nitrogens is 1. The van der Waals surface area contributed by atoms with Gasteiger partial charge < -0.3 is 14.1 Å². The zero-order valence-electron chi connectivity index (χ0n) is 7.15. The first-order chi connectivity index (χ1) is 6.25. The standard InChI is InChI=1S/C8H9N3OS/c1-6-4-7(12-10-6)5-11-3-2-9-8(11)13/h2-4H,5H2,1H3,(H,9,13). The van der Waals surface area contributed by atoms with Gasteiger partial charge in [-0.3, -0.25) is 0 Å². The Kier molecular flexibility index (Phi) is 2.02. The van der Waals surface area contributed by atoms with Crippen LogP contribution in [-0.2, 0) is 6.54 Å². The lowest BCUT2D eigenvalue weighted by molar-refractivity contribution is 0.372. The number of hydrogen-bond donors (Lipinski definition) is 1. The second-order valence-electron chi connectivity index (χ2n) is 2.83. The van der Waals surface area contributed by atoms with Gasteiger partial charge in [-0.25, -0.2) is 0 Å². The summed E-state index contributed by atoms with van der Waals surface area (Å²) in [7, 11) is 0. The van der Waals surface area contributed by atoms with Gasteiger partial charge in [0.05, 0.1) is 12.2 Å². The fourth-order valence-corrected chi connectivity index (χ4v) is 1.33. The molecular formula is C8H9N3OS. The molecule has 0 radical (unpaired) electrons. The van der Waals surface area contributed by atoms with E-state index in [9.17, 15) is 0 Å². The van der Waals surface area contributed by atoms with Gasteiger partial charge in [0.2, 0.25) is 0 Å². The number of aromatic amines is 1. The summed E-state index contributed by atoms with van der Waals surface area (Å²) in [4.78, 5) is 2.91. The summed E-state index contributed by atoms with van der Waals surface area (Å²) < 4.78 is 7.63. The minimum atomic E-state index is 0.628. The molecule has 13 heavy (non-hydrogen) atoms. The van der Waals surface area contributed by atoms with Gasteiger partial charge in [-0.05, 0) is 19.1 Å². The van der Waals surface area contributed by atoms with E-state index in [-0.39, 0.29) is 0 Å². The first kappa shape index (κ1) is 8.25. The summed E-state index contributed by atoms with van der Waals surface area (Å²) >= 11 is 5.04. The lowest BCUT2D eigenvalue weighted by Crippen LogP contribution is -1.96. The highest BCUT2D eigenvalue weighted by Gasteiger charge is 2.01. The van der Waals surface area contributed by atoms with Crippen LogP contribution < -0.4 is 0 Å². The van der Waals surface area contributed by atoms with Crippen LogP contribution in [0, 0.1) is 11.7 Å². The van der Waals surface area contributed by atoms with Gasteiger partial charge in [0.15, 0.2) is 10.5 Å². The Morgan fingerprint density at radius 2 is 2.54 bits per heavy atom. The van der Waals surface area contributed by atoms with Gasteiger partial charge >= 0.3 is 0 Å². The van der Waals surface area contributed by atoms with E-state index in [0.717, 1.165) is 11.5 Å². The smallest absolute Gasteiger partial charge is 0.177 e. The second-order valence-corrected chi connectivity index (χ2v) is 3.21. The van der Waals surface area contributed by atoms with E-state index in [0.29, 0.717) is 11.3 Å². The highest BCUT2D eigenvalue weighted by atomic mass is 32.1. The molecule has 0 saturated carbocycles. The van der Waals surface area contributed by atoms with Crippen molar-refractivity contribution in [2.75, 3.05) is 0 Å². The van der Waals surface area contributed by atoms with Gasteiger partial charge in [-0.1, -0.05) is 5.16 Å². The summed E-state index contributed by atoms with van der Waals surface area (Å²) in [6.07, 6.45) is 3.67. The number of hydrogen-bond acceptors (Lipinski definition) is 3. The lowest BCUT2D eigenvalue weighted by atomic mass is 10.4. The molecular weight excluding hydrogens is 186 g/mol. The summed E-state index contributed by atoms with van der Waals surface area (Å²) in [5, 5.41) is 3.79. The first-order valence-electron chi connectivity index (χ1n) is 3.92. The largest absolute Gasteiger partial charge is 0.359 e. The topological polar surface area (TPSA) is 46.8 Å². The number of nitrogens with one attached hydrogen (secondary N) is 1. The molecule has 0 spiro atoms. The summed E-state index contributed by atoms with van der Waals surface area (Å²) in [5.74, 6) is 0.813. The molecule has 0 aliphatic heterocycles. The van der Waals surface area contributed by atoms with E-state index in [1.807, 2.05) is 23.8 Å². The van der Waals surface area contributed by atoms with E-state index >= 15 is 0 Å². The van der Waals surface area contributed by atoms with Gasteiger partial charge in [0, 0.05) is 18.5 Å². The van der Waals surface area contributed by atoms with E-state index in [1.165, 1.54) is 0 Å². The van der Waals surface area contributed by atoms with Crippen molar-refractivity contribution in [2.24, 2.45) is 0 Å². The number of imidazole rings is 1. The predicted molar refractivity (Wildman–Crippen MR) is 50.0 cm³/mol. The highest BCUT2D eigenvalue weighted by molar-refractivity contribution is 7.71. The fourth-order valence-electron chi connectivity index (χ4n) is 1.13. The molecule has 2 rings (SSSR count). The number of aromatic nitrogens is 3. The Labute approximate surface area is 80.2 Å². The number of nitrogens with zero attached hydrogens (tertiary/aromatic N) is 2. The first-order valence-corrected chi connectivity index (χ1v) is 4.32. The molecule has 0 bridgehead atoms. The average molecular weight is 195 g/mol. The fraction of sp³-hybridized carbons (Fsp3) is 0.250. The van der Waals surface area contributed by atoms with Crippen LogP contribution in [0.5, 0.6) is 0 Å². The Morgan fingerprint density at radius 1 is 1.69 bits per heavy atom. The van der Waals surface area contributed by atoms with Gasteiger partial charge in [-0.2, -0.15) is 0 Å². The molecule has 0 fully saturated rings. The Bertz CT molecular complexity index is 454. The van der Waals surface area contributed by atoms with Crippen molar-refractivity contribution in [3.05, 3.63) is 34.7 Å². The van der Waals surface area contributed by atoms with Gasteiger partial charge in [0.1, 0.15) is 0 Å². The third-order valence-corrected chi connectivity index (χ3v) is 2.08. The Balaban J connectivity index is 2.24. The maximum Gasteiger partial charge on any atom is 0.177 e. The molecule has 4 nitrogen and oxygen atoms in total. The molecule has 0 aliphatic carbocycles. The van der Waals surface area contributed by atoms with Crippen molar-refractivity contribution in [1.82, 2.24) is 14.7 Å². The monoisotopic (exact) mass is 195 g/mol. The Morgan fingerprint density at radius 3 is 3.08 bits per heavy atom. The van der Waals surface area contributed by atoms with Crippen LogP contribution in [-0.4, -0.2) is 14.7 Å². The molecule has 0 atom stereocenters. The molecule has 1 N–H and O–H groups in total. The molecule has 0 saturated heterocycles. The quantitative estimate of drug-likeness (QED) is 0.744. The van der Waals surface area contributed by atoms with Crippen molar-refractivity contribution in [1.29, 1.82) is 0 Å². The highest BCUT2D eigenvalue weighted by Crippen LogP contribution is 2.04. The zero-order chi connectivity index (χ0) is 9.26. The molecule has 2 aromatic heterocycles. The molecule has 0 aromatic carbocycles. The van der Waals surface area contributed by atoms with Crippen LogP contribution in [0.15, 0.2) is 23.0 Å². The third kappa shape index (κ3) is 1.70. The SMILES string of the molecule is Cc1cc(Cn2cc[nH]c2=S)on1. The second kappa shape index (κ2) is 3.18. The van der Waals surface area contributed by atoms with Crippen LogP contribution >= 0.6 is 12.2 Å². The van der Waals surface area contributed by atoms with E-state index in [1.54, 1.807) is 6.20 Å². The normalized spacial score (nSPS) is 10.5. The van der Waals surface area contributed by atoms with Crippen molar-refractivity contribution in [3.8, 4) is 0 Å². The van der Waals surface area contributed by atoms with Crippen LogP contribution in [0.1, 0.15) is 11.5 Å². The van der Waals surface area contributed by atoms with E-state index in [4.69, 9.17) is 16.7 Å². The van der Waals surface area contributed by atoms with Crippen LogP contribution in [0.25, 0.3) is 0 Å². The van der Waals surface area contributed by atoms with Crippen LogP contribution in [0.4, 0.5) is 0 Å². The van der Waals surface area contributed by atoms with Crippen LogP contribution in [0.2, 0.25) is 0 Å².